The van der Waals surface area contributed by atoms with E-state index < -0.39 is 60.9 Å². The predicted octanol–water partition coefficient (Wildman–Crippen LogP) is 2.92. The van der Waals surface area contributed by atoms with Crippen LogP contribution in [0.1, 0.15) is 51.8 Å². The van der Waals surface area contributed by atoms with Gasteiger partial charge in [0.2, 0.25) is 0 Å². The molecule has 262 valence electrons. The first-order valence-electron chi connectivity index (χ1n) is 15.3. The molecule has 0 unspecified atom stereocenters. The zero-order chi connectivity index (χ0) is 36.7. The van der Waals surface area contributed by atoms with Gasteiger partial charge < -0.3 is 23.7 Å². The Balaban J connectivity index is 1.59. The minimum Gasteiger partial charge on any atom is -0.458 e. The van der Waals surface area contributed by atoms with Crippen molar-refractivity contribution in [3.05, 3.63) is 150 Å². The Hall–Kier alpha value is -7.23. The first kappa shape index (κ1) is 36.1. The van der Waals surface area contributed by atoms with E-state index in [-0.39, 0.29) is 34.1 Å². The summed E-state index contributed by atoms with van der Waals surface area (Å²) < 4.78 is 28.2. The van der Waals surface area contributed by atoms with E-state index in [0.717, 1.165) is 18.6 Å². The van der Waals surface area contributed by atoms with Gasteiger partial charge in [-0.25, -0.2) is 24.0 Å². The van der Waals surface area contributed by atoms with Crippen LogP contribution in [0.5, 0.6) is 0 Å². The van der Waals surface area contributed by atoms with Gasteiger partial charge in [0.15, 0.2) is 30.7 Å². The molecule has 5 heterocycles. The van der Waals surface area contributed by atoms with E-state index >= 15 is 0 Å². The molecule has 16 heteroatoms. The zero-order valence-electron chi connectivity index (χ0n) is 26.9. The van der Waals surface area contributed by atoms with Crippen molar-refractivity contribution >= 4 is 36.1 Å². The number of carbonyl (C=O) groups excluding carboxylic acids is 6. The van der Waals surface area contributed by atoms with Crippen LogP contribution in [0, 0.1) is 0 Å². The van der Waals surface area contributed by atoms with E-state index in [1.165, 1.54) is 104 Å². The fraction of sp³-hybridized carbons (Fsp3) is 0.139. The van der Waals surface area contributed by atoms with Crippen LogP contribution in [-0.4, -0.2) is 92.1 Å². The SMILES string of the molecule is O=C[C@H](OC(=O)c1cccnc1)[C@@H](OC(=O)c1cccnc1)[C@H](OC(=O)c1cccnc1)[C@@H](COC(=O)c1cccnc1)OC(=O)c1cccnc1. The molecule has 52 heavy (non-hydrogen) atoms. The second-order valence-electron chi connectivity index (χ2n) is 10.5. The third kappa shape index (κ3) is 9.69. The van der Waals surface area contributed by atoms with Crippen molar-refractivity contribution in [3.63, 3.8) is 0 Å². The number of pyridine rings is 5. The third-order valence-electron chi connectivity index (χ3n) is 7.00. The molecule has 5 aromatic heterocycles. The number of rotatable bonds is 15. The molecule has 0 amide bonds. The molecule has 0 aromatic carbocycles. The summed E-state index contributed by atoms with van der Waals surface area (Å²) in [5.41, 5.74) is -0.355. The Labute approximate surface area is 294 Å². The van der Waals surface area contributed by atoms with Crippen molar-refractivity contribution in [1.82, 2.24) is 24.9 Å². The third-order valence-corrected chi connectivity index (χ3v) is 7.00. The number of carbonyl (C=O) groups is 6. The number of nitrogens with zero attached hydrogens (tertiary/aromatic N) is 5. The van der Waals surface area contributed by atoms with Crippen molar-refractivity contribution in [1.29, 1.82) is 0 Å². The summed E-state index contributed by atoms with van der Waals surface area (Å²) in [6.07, 6.45) is 5.12. The zero-order valence-corrected chi connectivity index (χ0v) is 26.9. The Kier molecular flexibility index (Phi) is 12.5. The highest BCUT2D eigenvalue weighted by atomic mass is 16.6. The predicted molar refractivity (Wildman–Crippen MR) is 174 cm³/mol. The molecule has 5 aromatic rings. The van der Waals surface area contributed by atoms with E-state index in [9.17, 15) is 28.8 Å². The lowest BCUT2D eigenvalue weighted by Crippen LogP contribution is -2.54. The fourth-order valence-corrected chi connectivity index (χ4v) is 4.48. The van der Waals surface area contributed by atoms with E-state index in [1.54, 1.807) is 0 Å². The molecule has 0 radical (unpaired) electrons. The maximum atomic E-state index is 13.6. The lowest BCUT2D eigenvalue weighted by atomic mass is 10.0. The van der Waals surface area contributed by atoms with Gasteiger partial charge >= 0.3 is 29.8 Å². The van der Waals surface area contributed by atoms with Crippen LogP contribution in [-0.2, 0) is 28.5 Å². The average Bonchev–Trinajstić information content (AvgIpc) is 3.21. The van der Waals surface area contributed by atoms with Crippen molar-refractivity contribution in [2.75, 3.05) is 6.61 Å². The van der Waals surface area contributed by atoms with E-state index in [0.29, 0.717) is 0 Å². The minimum absolute atomic E-state index is 0.0134. The van der Waals surface area contributed by atoms with Crippen molar-refractivity contribution in [2.45, 2.75) is 24.4 Å². The maximum Gasteiger partial charge on any atom is 0.340 e. The van der Waals surface area contributed by atoms with Gasteiger partial charge in [-0.3, -0.25) is 29.7 Å². The Morgan fingerprint density at radius 1 is 0.481 bits per heavy atom. The molecule has 4 atom stereocenters. The summed E-state index contributed by atoms with van der Waals surface area (Å²) in [6, 6.07) is 14.1. The molecule has 0 bridgehead atoms. The molecule has 0 saturated carbocycles. The summed E-state index contributed by atoms with van der Waals surface area (Å²) >= 11 is 0. The first-order chi connectivity index (χ1) is 25.3. The summed E-state index contributed by atoms with van der Waals surface area (Å²) in [4.78, 5) is 99.0. The molecule has 5 rings (SSSR count). The van der Waals surface area contributed by atoms with Crippen LogP contribution in [0.2, 0.25) is 0 Å². The second kappa shape index (κ2) is 18.0. The monoisotopic (exact) mass is 705 g/mol. The number of aldehydes is 1. The Bertz CT molecular complexity index is 1970. The maximum absolute atomic E-state index is 13.6. The normalized spacial score (nSPS) is 12.8. The first-order valence-corrected chi connectivity index (χ1v) is 15.3. The Morgan fingerprint density at radius 3 is 1.19 bits per heavy atom. The fourth-order valence-electron chi connectivity index (χ4n) is 4.48. The van der Waals surface area contributed by atoms with Gasteiger partial charge in [0, 0.05) is 62.0 Å². The number of aromatic nitrogens is 5. The van der Waals surface area contributed by atoms with Crippen LogP contribution >= 0.6 is 0 Å². The molecular formula is C36H27N5O11. The Morgan fingerprint density at radius 2 is 0.827 bits per heavy atom. The van der Waals surface area contributed by atoms with Crippen LogP contribution < -0.4 is 0 Å². The topological polar surface area (TPSA) is 213 Å². The van der Waals surface area contributed by atoms with E-state index in [4.69, 9.17) is 23.7 Å². The van der Waals surface area contributed by atoms with E-state index in [1.807, 2.05) is 0 Å². The van der Waals surface area contributed by atoms with Gasteiger partial charge in [0.05, 0.1) is 27.8 Å². The van der Waals surface area contributed by atoms with E-state index in [2.05, 4.69) is 24.9 Å². The largest absolute Gasteiger partial charge is 0.458 e. The van der Waals surface area contributed by atoms with Gasteiger partial charge in [-0.15, -0.1) is 0 Å². The lowest BCUT2D eigenvalue weighted by Gasteiger charge is -2.34. The molecule has 0 saturated heterocycles. The summed E-state index contributed by atoms with van der Waals surface area (Å²) in [5, 5.41) is 0. The molecule has 0 aliphatic rings. The van der Waals surface area contributed by atoms with Crippen LogP contribution in [0.15, 0.2) is 123 Å². The molecule has 16 nitrogen and oxygen atoms in total. The highest BCUT2D eigenvalue weighted by molar-refractivity contribution is 5.92. The molecule has 0 fully saturated rings. The average molecular weight is 706 g/mol. The molecule has 0 aliphatic carbocycles. The summed E-state index contributed by atoms with van der Waals surface area (Å²) in [5.74, 6) is -5.23. The number of ether oxygens (including phenoxy) is 5. The number of hydrogen-bond acceptors (Lipinski definition) is 16. The van der Waals surface area contributed by atoms with Crippen molar-refractivity contribution < 1.29 is 52.5 Å². The highest BCUT2D eigenvalue weighted by Gasteiger charge is 2.46. The lowest BCUT2D eigenvalue weighted by molar-refractivity contribution is -0.143. The standard InChI is InChI=1S/C36H27N5O11/c42-21-28(49-33(44)24-7-2-12-38-17-24)30(51-35(46)26-9-4-14-40-19-26)31(52-36(47)27-10-5-15-41-20-27)29(50-34(45)25-8-3-13-39-18-25)22-48-32(43)23-6-1-11-37-16-23/h1-21,28-31H,22H2/t28-,29+,30+,31+/m0/s1. The van der Waals surface area contributed by atoms with Gasteiger partial charge in [0.1, 0.15) is 6.61 Å². The van der Waals surface area contributed by atoms with Crippen LogP contribution in [0.25, 0.3) is 0 Å². The molecule has 0 N–H and O–H groups in total. The molecular weight excluding hydrogens is 678 g/mol. The van der Waals surface area contributed by atoms with Crippen molar-refractivity contribution in [3.8, 4) is 0 Å². The van der Waals surface area contributed by atoms with Crippen molar-refractivity contribution in [2.24, 2.45) is 0 Å². The van der Waals surface area contributed by atoms with Gasteiger partial charge in [-0.1, -0.05) is 0 Å². The van der Waals surface area contributed by atoms with Gasteiger partial charge in [0.25, 0.3) is 0 Å². The summed E-state index contributed by atoms with van der Waals surface area (Å²) in [6.45, 7) is -0.839. The minimum atomic E-state index is -2.05. The highest BCUT2D eigenvalue weighted by Crippen LogP contribution is 2.23. The number of esters is 5. The quantitative estimate of drug-likeness (QED) is 0.0870. The molecule has 0 aliphatic heterocycles. The second-order valence-corrected chi connectivity index (χ2v) is 10.5. The van der Waals surface area contributed by atoms with Gasteiger partial charge in [-0.05, 0) is 60.7 Å². The van der Waals surface area contributed by atoms with Crippen LogP contribution in [0.3, 0.4) is 0 Å². The van der Waals surface area contributed by atoms with Crippen LogP contribution in [0.4, 0.5) is 0 Å². The van der Waals surface area contributed by atoms with Gasteiger partial charge in [-0.2, -0.15) is 0 Å². The number of hydrogen-bond donors (Lipinski definition) is 0. The smallest absolute Gasteiger partial charge is 0.340 e. The summed E-state index contributed by atoms with van der Waals surface area (Å²) in [7, 11) is 0. The molecule has 0 spiro atoms.